The maximum absolute atomic E-state index is 13.3. The summed E-state index contributed by atoms with van der Waals surface area (Å²) in [5.41, 5.74) is 10.9. The number of alkyl halides is 1. The Kier molecular flexibility index (Phi) is 4.83. The molecule has 8 heteroatoms. The molecule has 0 spiro atoms. The molecule has 4 heterocycles. The van der Waals surface area contributed by atoms with E-state index in [1.54, 1.807) is 6.20 Å². The molecule has 1 saturated carbocycles. The van der Waals surface area contributed by atoms with Gasteiger partial charge in [-0.1, -0.05) is 11.6 Å². The number of pyridine rings is 1. The van der Waals surface area contributed by atoms with Crippen LogP contribution >= 0.6 is 0 Å². The van der Waals surface area contributed by atoms with Crippen molar-refractivity contribution < 1.29 is 9.18 Å². The molecule has 4 aliphatic rings. The highest BCUT2D eigenvalue weighted by Crippen LogP contribution is 2.61. The van der Waals surface area contributed by atoms with Crippen molar-refractivity contribution in [1.82, 2.24) is 24.6 Å². The standard InChI is InChI=1S/C25H31FN6O/c1-14(2)32-22(23-18-8-17(9-19(18)23)31-12-16(26)13-31)10-21(29-32)15-7-20(24(27)28-11-15)25(33)30-5-3-4-6-30/h7-8,10-11,14,16-17,19,23H,3-6,9,12-13H2,1-2H3,(H2,27,28)/t17-,19-,23-/m1/s1. The lowest BCUT2D eigenvalue weighted by atomic mass is 10.0. The van der Waals surface area contributed by atoms with Gasteiger partial charge >= 0.3 is 0 Å². The van der Waals surface area contributed by atoms with Crippen LogP contribution in [0.3, 0.4) is 0 Å². The zero-order valence-electron chi connectivity index (χ0n) is 19.2. The number of amides is 1. The third kappa shape index (κ3) is 3.46. The third-order valence-electron chi connectivity index (χ3n) is 7.71. The van der Waals surface area contributed by atoms with Gasteiger partial charge in [-0.15, -0.1) is 0 Å². The van der Waals surface area contributed by atoms with Crippen LogP contribution in [0.2, 0.25) is 0 Å². The monoisotopic (exact) mass is 450 g/mol. The Morgan fingerprint density at radius 2 is 1.97 bits per heavy atom. The number of carbonyl (C=O) groups excluding carboxylic acids is 1. The van der Waals surface area contributed by atoms with E-state index in [4.69, 9.17) is 10.8 Å². The van der Waals surface area contributed by atoms with Crippen LogP contribution in [0.4, 0.5) is 10.2 Å². The van der Waals surface area contributed by atoms with Gasteiger partial charge in [0.1, 0.15) is 12.0 Å². The molecule has 0 unspecified atom stereocenters. The number of allylic oxidation sites excluding steroid dienone is 1. The molecule has 3 atom stereocenters. The summed E-state index contributed by atoms with van der Waals surface area (Å²) in [4.78, 5) is 21.4. The van der Waals surface area contributed by atoms with Crippen molar-refractivity contribution in [2.45, 2.75) is 57.3 Å². The summed E-state index contributed by atoms with van der Waals surface area (Å²) in [5, 5.41) is 4.91. The average Bonchev–Trinajstić information content (AvgIpc) is 3.29. The van der Waals surface area contributed by atoms with E-state index in [1.807, 2.05) is 11.0 Å². The van der Waals surface area contributed by atoms with Crippen molar-refractivity contribution in [3.05, 3.63) is 41.2 Å². The van der Waals surface area contributed by atoms with E-state index in [-0.39, 0.29) is 17.8 Å². The number of nitrogen functional groups attached to an aromatic ring is 1. The van der Waals surface area contributed by atoms with Crippen LogP contribution in [-0.4, -0.2) is 68.9 Å². The van der Waals surface area contributed by atoms with E-state index in [0.29, 0.717) is 36.5 Å². The quantitative estimate of drug-likeness (QED) is 0.706. The molecule has 3 fully saturated rings. The maximum atomic E-state index is 13.3. The molecule has 2 aromatic heterocycles. The number of nitrogens with zero attached hydrogens (tertiary/aromatic N) is 5. The van der Waals surface area contributed by atoms with Crippen LogP contribution in [0.15, 0.2) is 30.0 Å². The minimum atomic E-state index is -0.656. The Hall–Kier alpha value is -2.74. The van der Waals surface area contributed by atoms with Crippen LogP contribution in [0.25, 0.3) is 11.3 Å². The van der Waals surface area contributed by atoms with Gasteiger partial charge in [-0.05, 0) is 51.2 Å². The Morgan fingerprint density at radius 3 is 2.61 bits per heavy atom. The summed E-state index contributed by atoms with van der Waals surface area (Å²) in [6, 6.07) is 4.61. The summed E-state index contributed by atoms with van der Waals surface area (Å²) in [6.07, 6.45) is 6.56. The number of carbonyl (C=O) groups is 1. The first-order valence-electron chi connectivity index (χ1n) is 12.1. The highest BCUT2D eigenvalue weighted by Gasteiger charge is 2.53. The number of halogens is 1. The Morgan fingerprint density at radius 1 is 1.21 bits per heavy atom. The molecule has 2 N–H and O–H groups in total. The molecule has 0 bridgehead atoms. The number of fused-ring (bicyclic) bond motifs is 1. The lowest BCUT2D eigenvalue weighted by Crippen LogP contribution is -2.52. The van der Waals surface area contributed by atoms with Crippen molar-refractivity contribution >= 4 is 11.7 Å². The molecule has 2 aliphatic heterocycles. The second kappa shape index (κ2) is 7.65. The zero-order valence-corrected chi connectivity index (χ0v) is 19.2. The highest BCUT2D eigenvalue weighted by molar-refractivity contribution is 5.99. The second-order valence-electron chi connectivity index (χ2n) is 10.3. The molecule has 2 aliphatic carbocycles. The summed E-state index contributed by atoms with van der Waals surface area (Å²) in [7, 11) is 0. The molecule has 1 amide bonds. The minimum absolute atomic E-state index is 0.0442. The molecule has 33 heavy (non-hydrogen) atoms. The lowest BCUT2D eigenvalue weighted by Gasteiger charge is -2.39. The number of likely N-dealkylation sites (tertiary alicyclic amines) is 2. The fraction of sp³-hybridized carbons (Fsp3) is 0.560. The van der Waals surface area contributed by atoms with Crippen molar-refractivity contribution in [2.24, 2.45) is 5.92 Å². The first kappa shape index (κ1) is 20.8. The fourth-order valence-corrected chi connectivity index (χ4v) is 5.82. The Balaban J connectivity index is 1.28. The first-order chi connectivity index (χ1) is 15.9. The van der Waals surface area contributed by atoms with Gasteiger partial charge in [-0.2, -0.15) is 5.10 Å². The molecule has 2 aromatic rings. The highest BCUT2D eigenvalue weighted by atomic mass is 19.1. The maximum Gasteiger partial charge on any atom is 0.257 e. The average molecular weight is 451 g/mol. The molecule has 7 nitrogen and oxygen atoms in total. The van der Waals surface area contributed by atoms with Crippen LogP contribution in [0.1, 0.15) is 61.1 Å². The lowest BCUT2D eigenvalue weighted by molar-refractivity contribution is 0.0406. The van der Waals surface area contributed by atoms with Gasteiger partial charge in [0.05, 0.1) is 11.3 Å². The Labute approximate surface area is 193 Å². The number of anilines is 1. The number of hydrogen-bond acceptors (Lipinski definition) is 5. The molecule has 0 radical (unpaired) electrons. The molecule has 2 saturated heterocycles. The van der Waals surface area contributed by atoms with Crippen molar-refractivity contribution in [1.29, 1.82) is 0 Å². The largest absolute Gasteiger partial charge is 0.383 e. The smallest absolute Gasteiger partial charge is 0.257 e. The summed E-state index contributed by atoms with van der Waals surface area (Å²) in [5.74, 6) is 1.15. The molecule has 0 aromatic carbocycles. The number of nitrogens with two attached hydrogens (primary N) is 1. The molecular formula is C25H31FN6O. The van der Waals surface area contributed by atoms with Crippen LogP contribution in [-0.2, 0) is 0 Å². The van der Waals surface area contributed by atoms with E-state index in [0.717, 1.165) is 43.6 Å². The van der Waals surface area contributed by atoms with Gasteiger partial charge in [-0.3, -0.25) is 14.4 Å². The molecular weight excluding hydrogens is 419 g/mol. The van der Waals surface area contributed by atoms with Gasteiger partial charge in [0.2, 0.25) is 0 Å². The Bertz CT molecular complexity index is 1130. The van der Waals surface area contributed by atoms with Crippen LogP contribution in [0, 0.1) is 5.92 Å². The van der Waals surface area contributed by atoms with E-state index in [9.17, 15) is 9.18 Å². The third-order valence-corrected chi connectivity index (χ3v) is 7.71. The van der Waals surface area contributed by atoms with E-state index in [1.165, 1.54) is 11.3 Å². The van der Waals surface area contributed by atoms with Gasteiger partial charge in [-0.25, -0.2) is 9.37 Å². The van der Waals surface area contributed by atoms with E-state index >= 15 is 0 Å². The number of hydrogen-bond donors (Lipinski definition) is 1. The minimum Gasteiger partial charge on any atom is -0.383 e. The van der Waals surface area contributed by atoms with Crippen LogP contribution in [0.5, 0.6) is 0 Å². The van der Waals surface area contributed by atoms with Gasteiger partial charge in [0.15, 0.2) is 0 Å². The predicted octanol–water partition coefficient (Wildman–Crippen LogP) is 3.41. The summed E-state index contributed by atoms with van der Waals surface area (Å²) < 4.78 is 15.4. The van der Waals surface area contributed by atoms with Crippen LogP contribution < -0.4 is 5.73 Å². The van der Waals surface area contributed by atoms with Gasteiger partial charge in [0, 0.05) is 61.6 Å². The van der Waals surface area contributed by atoms with Crippen molar-refractivity contribution in [3.63, 3.8) is 0 Å². The zero-order chi connectivity index (χ0) is 22.9. The van der Waals surface area contributed by atoms with Gasteiger partial charge < -0.3 is 10.6 Å². The summed E-state index contributed by atoms with van der Waals surface area (Å²) >= 11 is 0. The normalized spacial score (nSPS) is 27.1. The number of aromatic nitrogens is 3. The second-order valence-corrected chi connectivity index (χ2v) is 10.3. The number of rotatable bonds is 5. The van der Waals surface area contributed by atoms with Crippen molar-refractivity contribution in [2.75, 3.05) is 31.9 Å². The molecule has 6 rings (SSSR count). The van der Waals surface area contributed by atoms with Gasteiger partial charge in [0.25, 0.3) is 5.91 Å². The predicted molar refractivity (Wildman–Crippen MR) is 125 cm³/mol. The first-order valence-corrected chi connectivity index (χ1v) is 12.1. The SMILES string of the molecule is CC(C)n1nc(-c2cnc(N)c(C(=O)N3CCCC3)c2)cc1[C@@H]1C2=C[C@@H](N3CC(F)C3)C[C@H]21. The van der Waals surface area contributed by atoms with Crippen molar-refractivity contribution in [3.8, 4) is 11.3 Å². The fourth-order valence-electron chi connectivity index (χ4n) is 5.82. The topological polar surface area (TPSA) is 80.3 Å². The summed E-state index contributed by atoms with van der Waals surface area (Å²) in [6.45, 7) is 6.97. The molecule has 174 valence electrons. The van der Waals surface area contributed by atoms with E-state index < -0.39 is 6.17 Å². The van der Waals surface area contributed by atoms with E-state index in [2.05, 4.69) is 40.6 Å².